The van der Waals surface area contributed by atoms with Gasteiger partial charge in [0.25, 0.3) is 11.6 Å². The standard InChI is InChI=1S/C21H20ClN5O3/c1-14-19(20(24-23-14)15-5-3-2-4-6-15)21(28)26-11-9-25(10-12-26)18-8-7-16(27(29)30)13-17(18)22/h2-8,13H,9-12H2,1H3,(H,23,24). The Bertz CT molecular complexity index is 1090. The number of piperazine rings is 1. The van der Waals surface area contributed by atoms with E-state index < -0.39 is 4.92 Å². The SMILES string of the molecule is Cc1[nH]nc(-c2ccccc2)c1C(=O)N1CCN(c2ccc([N+](=O)[O-])cc2Cl)CC1. The topological polar surface area (TPSA) is 95.4 Å². The van der Waals surface area contributed by atoms with Gasteiger partial charge in [0.05, 0.1) is 21.2 Å². The van der Waals surface area contributed by atoms with Gasteiger partial charge in [-0.1, -0.05) is 41.9 Å². The Kier molecular flexibility index (Phi) is 5.41. The summed E-state index contributed by atoms with van der Waals surface area (Å²) in [6, 6.07) is 14.1. The van der Waals surface area contributed by atoms with Crippen LogP contribution in [0.1, 0.15) is 16.1 Å². The molecule has 1 aliphatic heterocycles. The summed E-state index contributed by atoms with van der Waals surface area (Å²) < 4.78 is 0. The van der Waals surface area contributed by atoms with Gasteiger partial charge in [0, 0.05) is 49.6 Å². The maximum atomic E-state index is 13.3. The zero-order valence-electron chi connectivity index (χ0n) is 16.3. The van der Waals surface area contributed by atoms with Crippen LogP contribution in [0.15, 0.2) is 48.5 Å². The van der Waals surface area contributed by atoms with E-state index >= 15 is 0 Å². The minimum absolute atomic E-state index is 0.0403. The zero-order valence-corrected chi connectivity index (χ0v) is 17.1. The van der Waals surface area contributed by atoms with Crippen LogP contribution in [0.25, 0.3) is 11.3 Å². The molecule has 8 nitrogen and oxygen atoms in total. The number of nitrogens with zero attached hydrogens (tertiary/aromatic N) is 4. The average Bonchev–Trinajstić information content (AvgIpc) is 3.15. The first-order chi connectivity index (χ1) is 14.5. The van der Waals surface area contributed by atoms with Gasteiger partial charge in [-0.2, -0.15) is 5.10 Å². The lowest BCUT2D eigenvalue weighted by Gasteiger charge is -2.36. The number of H-pyrrole nitrogens is 1. The van der Waals surface area contributed by atoms with Crippen LogP contribution in [-0.2, 0) is 0 Å². The number of non-ortho nitro benzene ring substituents is 1. The van der Waals surface area contributed by atoms with Gasteiger partial charge < -0.3 is 9.80 Å². The summed E-state index contributed by atoms with van der Waals surface area (Å²) in [5.41, 5.74) is 3.56. The van der Waals surface area contributed by atoms with Gasteiger partial charge in [-0.05, 0) is 13.0 Å². The lowest BCUT2D eigenvalue weighted by atomic mass is 10.0. The number of anilines is 1. The van der Waals surface area contributed by atoms with Crippen molar-refractivity contribution in [3.8, 4) is 11.3 Å². The minimum atomic E-state index is -0.468. The van der Waals surface area contributed by atoms with Gasteiger partial charge in [0.1, 0.15) is 5.69 Å². The first-order valence-electron chi connectivity index (χ1n) is 9.54. The van der Waals surface area contributed by atoms with Gasteiger partial charge in [0.15, 0.2) is 0 Å². The molecule has 0 unspecified atom stereocenters. The van der Waals surface area contributed by atoms with Crippen molar-refractivity contribution in [3.05, 3.63) is 74.9 Å². The van der Waals surface area contributed by atoms with Crippen LogP contribution in [0.2, 0.25) is 5.02 Å². The summed E-state index contributed by atoms with van der Waals surface area (Å²) in [6.07, 6.45) is 0. The van der Waals surface area contributed by atoms with Crippen molar-refractivity contribution in [2.75, 3.05) is 31.1 Å². The Morgan fingerprint density at radius 1 is 1.13 bits per heavy atom. The normalized spacial score (nSPS) is 14.1. The van der Waals surface area contributed by atoms with Crippen molar-refractivity contribution < 1.29 is 9.72 Å². The maximum Gasteiger partial charge on any atom is 0.271 e. The molecule has 9 heteroatoms. The second kappa shape index (κ2) is 8.16. The molecule has 0 bridgehead atoms. The number of carbonyl (C=O) groups excluding carboxylic acids is 1. The third kappa shape index (κ3) is 3.73. The molecule has 1 amide bonds. The van der Waals surface area contributed by atoms with Crippen LogP contribution in [0, 0.1) is 17.0 Å². The van der Waals surface area contributed by atoms with Crippen molar-refractivity contribution in [2.45, 2.75) is 6.92 Å². The number of halogens is 1. The summed E-state index contributed by atoms with van der Waals surface area (Å²) in [4.78, 5) is 27.5. The van der Waals surface area contributed by atoms with E-state index in [9.17, 15) is 14.9 Å². The highest BCUT2D eigenvalue weighted by Gasteiger charge is 2.28. The average molecular weight is 426 g/mol. The molecule has 2 heterocycles. The smallest absolute Gasteiger partial charge is 0.271 e. The Morgan fingerprint density at radius 2 is 1.83 bits per heavy atom. The van der Waals surface area contributed by atoms with Crippen molar-refractivity contribution in [1.29, 1.82) is 0 Å². The van der Waals surface area contributed by atoms with E-state index in [2.05, 4.69) is 10.2 Å². The predicted molar refractivity (Wildman–Crippen MR) is 115 cm³/mol. The number of hydrogen-bond donors (Lipinski definition) is 1. The number of aromatic nitrogens is 2. The van der Waals surface area contributed by atoms with Crippen LogP contribution in [0.3, 0.4) is 0 Å². The quantitative estimate of drug-likeness (QED) is 0.505. The Hall–Kier alpha value is -3.39. The molecule has 3 aromatic rings. The number of aryl methyl sites for hydroxylation is 1. The van der Waals surface area contributed by atoms with Crippen LogP contribution >= 0.6 is 11.6 Å². The van der Waals surface area contributed by atoms with Crippen LogP contribution in [0.5, 0.6) is 0 Å². The molecule has 0 spiro atoms. The van der Waals surface area contributed by atoms with Gasteiger partial charge in [-0.15, -0.1) is 0 Å². The van der Waals surface area contributed by atoms with E-state index in [0.717, 1.165) is 16.9 Å². The van der Waals surface area contributed by atoms with Crippen molar-refractivity contribution >= 4 is 28.9 Å². The largest absolute Gasteiger partial charge is 0.367 e. The molecule has 1 aliphatic rings. The van der Waals surface area contributed by atoms with Gasteiger partial charge in [-0.3, -0.25) is 20.0 Å². The Labute approximate surface area is 178 Å². The molecule has 4 rings (SSSR count). The van der Waals surface area contributed by atoms with E-state index in [1.54, 1.807) is 11.0 Å². The molecule has 0 radical (unpaired) electrons. The van der Waals surface area contributed by atoms with Crippen LogP contribution in [0.4, 0.5) is 11.4 Å². The number of carbonyl (C=O) groups is 1. The van der Waals surface area contributed by atoms with E-state index in [1.165, 1.54) is 12.1 Å². The summed E-state index contributed by atoms with van der Waals surface area (Å²) in [6.45, 7) is 4.05. The third-order valence-corrected chi connectivity index (χ3v) is 5.56. The number of nitrogens with one attached hydrogen (secondary N) is 1. The fourth-order valence-corrected chi connectivity index (χ4v) is 3.96. The minimum Gasteiger partial charge on any atom is -0.367 e. The highest BCUT2D eigenvalue weighted by Crippen LogP contribution is 2.31. The predicted octanol–water partition coefficient (Wildman–Crippen LogP) is 3.91. The molecule has 1 fully saturated rings. The number of nitro benzene ring substituents is 1. The number of amides is 1. The molecule has 1 N–H and O–H groups in total. The summed E-state index contributed by atoms with van der Waals surface area (Å²) >= 11 is 6.26. The Balaban J connectivity index is 1.50. The third-order valence-electron chi connectivity index (χ3n) is 5.26. The fourth-order valence-electron chi connectivity index (χ4n) is 3.67. The van der Waals surface area contributed by atoms with Crippen LogP contribution < -0.4 is 4.90 Å². The monoisotopic (exact) mass is 425 g/mol. The molecule has 1 aromatic heterocycles. The lowest BCUT2D eigenvalue weighted by Crippen LogP contribution is -2.49. The highest BCUT2D eigenvalue weighted by molar-refractivity contribution is 6.33. The molecule has 0 saturated carbocycles. The van der Waals surface area contributed by atoms with Crippen LogP contribution in [-0.4, -0.2) is 52.1 Å². The number of hydrogen-bond acceptors (Lipinski definition) is 5. The second-order valence-corrected chi connectivity index (χ2v) is 7.52. The number of nitro groups is 1. The molecule has 0 atom stereocenters. The first-order valence-corrected chi connectivity index (χ1v) is 9.92. The maximum absolute atomic E-state index is 13.3. The van der Waals surface area contributed by atoms with E-state index in [1.807, 2.05) is 42.2 Å². The van der Waals surface area contributed by atoms with Crippen molar-refractivity contribution in [1.82, 2.24) is 15.1 Å². The van der Waals surface area contributed by atoms with Gasteiger partial charge in [-0.25, -0.2) is 0 Å². The summed E-state index contributed by atoms with van der Waals surface area (Å²) in [5.74, 6) is -0.0606. The van der Waals surface area contributed by atoms with Crippen molar-refractivity contribution in [3.63, 3.8) is 0 Å². The van der Waals surface area contributed by atoms with Gasteiger partial charge in [0.2, 0.25) is 0 Å². The first kappa shape index (κ1) is 19.9. The fraction of sp³-hybridized carbons (Fsp3) is 0.238. The molecular weight excluding hydrogens is 406 g/mol. The van der Waals surface area contributed by atoms with E-state index in [4.69, 9.17) is 11.6 Å². The van der Waals surface area contributed by atoms with E-state index in [0.29, 0.717) is 42.5 Å². The second-order valence-electron chi connectivity index (χ2n) is 7.11. The Morgan fingerprint density at radius 3 is 2.47 bits per heavy atom. The zero-order chi connectivity index (χ0) is 21.3. The summed E-state index contributed by atoms with van der Waals surface area (Å²) in [5, 5.41) is 18.5. The molecule has 0 aliphatic carbocycles. The number of benzene rings is 2. The lowest BCUT2D eigenvalue weighted by molar-refractivity contribution is -0.384. The molecule has 30 heavy (non-hydrogen) atoms. The van der Waals surface area contributed by atoms with Gasteiger partial charge >= 0.3 is 0 Å². The van der Waals surface area contributed by atoms with E-state index in [-0.39, 0.29) is 11.6 Å². The molecular formula is C21H20ClN5O3. The highest BCUT2D eigenvalue weighted by atomic mass is 35.5. The van der Waals surface area contributed by atoms with Crippen molar-refractivity contribution in [2.24, 2.45) is 0 Å². The molecule has 1 saturated heterocycles. The summed E-state index contributed by atoms with van der Waals surface area (Å²) in [7, 11) is 0. The molecule has 2 aromatic carbocycles. The molecule has 154 valence electrons. The number of rotatable bonds is 4. The number of aromatic amines is 1.